The summed E-state index contributed by atoms with van der Waals surface area (Å²) in [7, 11) is 5.93. The van der Waals surface area contributed by atoms with Gasteiger partial charge in [0.2, 0.25) is 5.75 Å². The van der Waals surface area contributed by atoms with Gasteiger partial charge in [-0.15, -0.1) is 12.4 Å². The van der Waals surface area contributed by atoms with Crippen molar-refractivity contribution in [2.24, 2.45) is 0 Å². The van der Waals surface area contributed by atoms with Crippen LogP contribution in [0.1, 0.15) is 11.4 Å². The first-order chi connectivity index (χ1) is 13.1. The third-order valence-electron chi connectivity index (χ3n) is 4.05. The molecular formula is C20H21ClN2O5. The number of fused-ring (bicyclic) bond motifs is 1. The van der Waals surface area contributed by atoms with Gasteiger partial charge < -0.3 is 23.9 Å². The Labute approximate surface area is 168 Å². The largest absolute Gasteiger partial charge is 0.493 e. The molecule has 3 aromatic rings. The zero-order valence-electron chi connectivity index (χ0n) is 15.9. The van der Waals surface area contributed by atoms with Crippen LogP contribution in [0.2, 0.25) is 0 Å². The number of aromatic amines is 1. The number of nitrogens with zero attached hydrogens (tertiary/aromatic N) is 1. The van der Waals surface area contributed by atoms with Crippen LogP contribution in [0.25, 0.3) is 22.7 Å². The number of carbonyl (C=O) groups excluding carboxylic acids is 1. The molecule has 0 saturated carbocycles. The molecule has 0 bridgehead atoms. The number of rotatable bonds is 6. The van der Waals surface area contributed by atoms with Crippen LogP contribution < -0.4 is 14.2 Å². The predicted molar refractivity (Wildman–Crippen MR) is 109 cm³/mol. The molecule has 0 radical (unpaired) electrons. The summed E-state index contributed by atoms with van der Waals surface area (Å²) in [5, 5.41) is 0. The van der Waals surface area contributed by atoms with E-state index in [1.807, 2.05) is 24.3 Å². The van der Waals surface area contributed by atoms with E-state index in [-0.39, 0.29) is 18.0 Å². The van der Waals surface area contributed by atoms with E-state index in [1.54, 1.807) is 18.2 Å². The van der Waals surface area contributed by atoms with Gasteiger partial charge in [0, 0.05) is 0 Å². The minimum absolute atomic E-state index is 0. The highest BCUT2D eigenvalue weighted by atomic mass is 35.5. The fraction of sp³-hybridized carbons (Fsp3) is 0.200. The van der Waals surface area contributed by atoms with Crippen molar-refractivity contribution in [1.29, 1.82) is 0 Å². The molecule has 0 aliphatic heterocycles. The molecule has 0 saturated heterocycles. The molecule has 0 aliphatic rings. The average Bonchev–Trinajstić information content (AvgIpc) is 3.14. The summed E-state index contributed by atoms with van der Waals surface area (Å²) in [6.07, 6.45) is 1.66. The van der Waals surface area contributed by atoms with Crippen LogP contribution in [-0.4, -0.2) is 44.4 Å². The molecule has 7 nitrogen and oxygen atoms in total. The van der Waals surface area contributed by atoms with Crippen LogP contribution in [0, 0.1) is 0 Å². The van der Waals surface area contributed by atoms with Crippen LogP contribution in [0.3, 0.4) is 0 Å². The van der Waals surface area contributed by atoms with Crippen LogP contribution in [-0.2, 0) is 9.53 Å². The number of para-hydroxylation sites is 2. The Morgan fingerprint density at radius 3 is 2.18 bits per heavy atom. The third-order valence-corrected chi connectivity index (χ3v) is 4.05. The van der Waals surface area contributed by atoms with Crippen molar-refractivity contribution in [2.75, 3.05) is 28.4 Å². The Morgan fingerprint density at radius 1 is 1.00 bits per heavy atom. The van der Waals surface area contributed by atoms with Gasteiger partial charge in [0.05, 0.1) is 39.5 Å². The number of imidazole rings is 1. The molecule has 2 aromatic carbocycles. The second kappa shape index (κ2) is 9.14. The fourth-order valence-electron chi connectivity index (χ4n) is 2.77. The first-order valence-electron chi connectivity index (χ1n) is 8.16. The average molecular weight is 405 g/mol. The van der Waals surface area contributed by atoms with Gasteiger partial charge in [-0.1, -0.05) is 12.1 Å². The van der Waals surface area contributed by atoms with Gasteiger partial charge in [0.1, 0.15) is 11.4 Å². The smallest absolute Gasteiger partial charge is 0.341 e. The Balaban J connectivity index is 0.00000280. The molecule has 0 atom stereocenters. The van der Waals surface area contributed by atoms with Gasteiger partial charge in [0.25, 0.3) is 0 Å². The Hall–Kier alpha value is -3.19. The first kappa shape index (κ1) is 21.1. The Bertz CT molecular complexity index is 955. The molecule has 0 fully saturated rings. The second-order valence-corrected chi connectivity index (χ2v) is 5.61. The number of ether oxygens (including phenoxy) is 4. The molecule has 3 rings (SSSR count). The highest BCUT2D eigenvalue weighted by Crippen LogP contribution is 2.39. The Kier molecular flexibility index (Phi) is 6.89. The fourth-order valence-corrected chi connectivity index (χ4v) is 2.77. The lowest BCUT2D eigenvalue weighted by Crippen LogP contribution is -2.05. The predicted octanol–water partition coefficient (Wildman–Crippen LogP) is 3.72. The van der Waals surface area contributed by atoms with Crippen LogP contribution in [0.4, 0.5) is 0 Å². The maximum atomic E-state index is 12.4. The van der Waals surface area contributed by atoms with Crippen molar-refractivity contribution in [3.8, 4) is 17.2 Å². The van der Waals surface area contributed by atoms with Gasteiger partial charge in [0.15, 0.2) is 11.5 Å². The number of carbonyl (C=O) groups is 1. The lowest BCUT2D eigenvalue weighted by atomic mass is 10.1. The molecule has 0 unspecified atom stereocenters. The number of hydrogen-bond acceptors (Lipinski definition) is 6. The number of methoxy groups -OCH3 is 4. The van der Waals surface area contributed by atoms with Crippen molar-refractivity contribution < 1.29 is 23.7 Å². The summed E-state index contributed by atoms with van der Waals surface area (Å²) in [4.78, 5) is 20.0. The van der Waals surface area contributed by atoms with E-state index in [9.17, 15) is 4.79 Å². The molecule has 0 aliphatic carbocycles. The zero-order chi connectivity index (χ0) is 19.4. The molecule has 1 N–H and O–H groups in total. The standard InChI is InChI=1S/C20H20N2O5.ClH/c1-24-16-10-12(11-17(25-2)18(16)26-3)9-13(20(23)27-4)19-21-14-7-5-6-8-15(14)22-19;/h5-11H,1-4H3,(H,21,22);1H/b13-9-;. The molecule has 8 heteroatoms. The van der Waals surface area contributed by atoms with E-state index < -0.39 is 5.97 Å². The van der Waals surface area contributed by atoms with Crippen molar-refractivity contribution in [3.05, 3.63) is 47.8 Å². The SMILES string of the molecule is COC(=O)/C(=C\c1cc(OC)c(OC)c(OC)c1)c1nc2ccccc2[nH]1.Cl. The number of hydrogen-bond donors (Lipinski definition) is 1. The summed E-state index contributed by atoms with van der Waals surface area (Å²) in [6.45, 7) is 0. The highest BCUT2D eigenvalue weighted by Gasteiger charge is 2.19. The monoisotopic (exact) mass is 404 g/mol. The van der Waals surface area contributed by atoms with Crippen molar-refractivity contribution >= 4 is 41.1 Å². The number of esters is 1. The van der Waals surface area contributed by atoms with E-state index in [4.69, 9.17) is 18.9 Å². The molecular weight excluding hydrogens is 384 g/mol. The number of aromatic nitrogens is 2. The van der Waals surface area contributed by atoms with Crippen LogP contribution in [0.5, 0.6) is 17.2 Å². The van der Waals surface area contributed by atoms with Gasteiger partial charge >= 0.3 is 5.97 Å². The first-order valence-corrected chi connectivity index (χ1v) is 8.16. The minimum Gasteiger partial charge on any atom is -0.493 e. The van der Waals surface area contributed by atoms with E-state index in [2.05, 4.69) is 9.97 Å². The summed E-state index contributed by atoms with van der Waals surface area (Å²) < 4.78 is 21.0. The highest BCUT2D eigenvalue weighted by molar-refractivity contribution is 6.21. The number of halogens is 1. The second-order valence-electron chi connectivity index (χ2n) is 5.61. The van der Waals surface area contributed by atoms with Crippen molar-refractivity contribution in [2.45, 2.75) is 0 Å². The molecule has 0 spiro atoms. The van der Waals surface area contributed by atoms with E-state index in [1.165, 1.54) is 28.4 Å². The van der Waals surface area contributed by atoms with Crippen LogP contribution >= 0.6 is 12.4 Å². The molecule has 28 heavy (non-hydrogen) atoms. The summed E-state index contributed by atoms with van der Waals surface area (Å²) in [6, 6.07) is 11.0. The third kappa shape index (κ3) is 4.04. The topological polar surface area (TPSA) is 82.7 Å². The van der Waals surface area contributed by atoms with E-state index in [0.717, 1.165) is 11.0 Å². The number of nitrogens with one attached hydrogen (secondary N) is 1. The molecule has 1 heterocycles. The molecule has 0 amide bonds. The quantitative estimate of drug-likeness (QED) is 0.498. The van der Waals surface area contributed by atoms with Gasteiger partial charge in [-0.3, -0.25) is 0 Å². The molecule has 148 valence electrons. The summed E-state index contributed by atoms with van der Waals surface area (Å²) in [5.41, 5.74) is 2.53. The van der Waals surface area contributed by atoms with Crippen molar-refractivity contribution in [3.63, 3.8) is 0 Å². The van der Waals surface area contributed by atoms with Gasteiger partial charge in [-0.2, -0.15) is 0 Å². The van der Waals surface area contributed by atoms with Gasteiger partial charge in [-0.05, 0) is 35.9 Å². The maximum absolute atomic E-state index is 12.4. The Morgan fingerprint density at radius 2 is 1.64 bits per heavy atom. The number of H-pyrrole nitrogens is 1. The van der Waals surface area contributed by atoms with E-state index in [0.29, 0.717) is 28.6 Å². The zero-order valence-corrected chi connectivity index (χ0v) is 16.8. The minimum atomic E-state index is -0.511. The normalized spacial score (nSPS) is 10.9. The summed E-state index contributed by atoms with van der Waals surface area (Å²) in [5.74, 6) is 1.34. The number of benzene rings is 2. The maximum Gasteiger partial charge on any atom is 0.341 e. The lowest BCUT2D eigenvalue weighted by Gasteiger charge is -2.13. The molecule has 1 aromatic heterocycles. The lowest BCUT2D eigenvalue weighted by molar-refractivity contribution is -0.133. The van der Waals surface area contributed by atoms with Crippen LogP contribution in [0.15, 0.2) is 36.4 Å². The summed E-state index contributed by atoms with van der Waals surface area (Å²) >= 11 is 0. The van der Waals surface area contributed by atoms with Gasteiger partial charge in [-0.25, -0.2) is 9.78 Å². The van der Waals surface area contributed by atoms with Crippen molar-refractivity contribution in [1.82, 2.24) is 9.97 Å². The van der Waals surface area contributed by atoms with E-state index >= 15 is 0 Å².